The number of halogens is 1. The Morgan fingerprint density at radius 3 is 2.51 bits per heavy atom. The average Bonchev–Trinajstić information content (AvgIpc) is 2.99. The van der Waals surface area contributed by atoms with E-state index in [4.69, 9.17) is 26.1 Å². The monoisotopic (exact) mass is 511 g/mol. The third-order valence-electron chi connectivity index (χ3n) is 6.28. The van der Waals surface area contributed by atoms with E-state index in [0.717, 1.165) is 22.6 Å². The highest BCUT2D eigenvalue weighted by atomic mass is 35.5. The number of benzene rings is 3. The van der Waals surface area contributed by atoms with Crippen molar-refractivity contribution in [1.29, 1.82) is 0 Å². The van der Waals surface area contributed by atoms with Crippen LogP contribution in [0.1, 0.15) is 18.1 Å². The number of rotatable bonds is 3. The molecule has 1 saturated heterocycles. The van der Waals surface area contributed by atoms with Gasteiger partial charge >= 0.3 is 0 Å². The van der Waals surface area contributed by atoms with Crippen molar-refractivity contribution in [3.05, 3.63) is 76.8 Å². The Hall–Kier alpha value is -3.07. The van der Waals surface area contributed by atoms with Gasteiger partial charge in [0.25, 0.3) is 0 Å². The van der Waals surface area contributed by atoms with Gasteiger partial charge in [0.1, 0.15) is 23.0 Å². The van der Waals surface area contributed by atoms with Gasteiger partial charge in [-0.15, -0.1) is 0 Å². The standard InChI is InChI=1S/C26H26ClN3O4S/c1-17-4-10-23-25(14-17)34-24-11-7-20(33-3)15-22(24)26(28-23)29-12-13-30(18(2)16-29)35(31,32)21-8-5-19(27)6-9-21/h4-11,14-15,18H,12-13,16H2,1-3H3/t18-/m0/s1. The predicted octanol–water partition coefficient (Wildman–Crippen LogP) is 5.24. The molecular weight excluding hydrogens is 486 g/mol. The molecule has 35 heavy (non-hydrogen) atoms. The molecule has 9 heteroatoms. The van der Waals surface area contributed by atoms with Crippen LogP contribution in [0.3, 0.4) is 0 Å². The van der Waals surface area contributed by atoms with E-state index in [0.29, 0.717) is 41.9 Å². The van der Waals surface area contributed by atoms with E-state index in [9.17, 15) is 8.42 Å². The van der Waals surface area contributed by atoms with Crippen LogP contribution in [0, 0.1) is 6.92 Å². The van der Waals surface area contributed by atoms with Gasteiger partial charge in [-0.05, 0) is 74.0 Å². The summed E-state index contributed by atoms with van der Waals surface area (Å²) in [5.74, 6) is 2.79. The molecule has 0 spiro atoms. The van der Waals surface area contributed by atoms with Crippen molar-refractivity contribution >= 4 is 33.1 Å². The molecule has 0 N–H and O–H groups in total. The molecule has 3 aromatic carbocycles. The Morgan fingerprint density at radius 1 is 1.03 bits per heavy atom. The second-order valence-corrected chi connectivity index (χ2v) is 11.1. The highest BCUT2D eigenvalue weighted by Gasteiger charge is 2.36. The van der Waals surface area contributed by atoms with Crippen LogP contribution in [0.15, 0.2) is 70.6 Å². The Morgan fingerprint density at radius 2 is 1.80 bits per heavy atom. The Kier molecular flexibility index (Phi) is 6.21. The molecule has 0 aliphatic carbocycles. The molecule has 1 fully saturated rings. The van der Waals surface area contributed by atoms with Gasteiger partial charge in [0.15, 0.2) is 5.75 Å². The molecular formula is C26H26ClN3O4S. The molecule has 0 unspecified atom stereocenters. The molecule has 0 saturated carbocycles. The lowest BCUT2D eigenvalue weighted by Crippen LogP contribution is -2.55. The number of methoxy groups -OCH3 is 1. The maximum Gasteiger partial charge on any atom is 0.243 e. The minimum atomic E-state index is -3.65. The van der Waals surface area contributed by atoms with Crippen LogP contribution in [-0.2, 0) is 10.0 Å². The molecule has 0 radical (unpaired) electrons. The summed E-state index contributed by atoms with van der Waals surface area (Å²) in [6.07, 6.45) is 0. The van der Waals surface area contributed by atoms with Gasteiger partial charge in [0.05, 0.1) is 17.6 Å². The summed E-state index contributed by atoms with van der Waals surface area (Å²) >= 11 is 5.95. The number of hydrogen-bond acceptors (Lipinski definition) is 6. The van der Waals surface area contributed by atoms with Crippen molar-refractivity contribution in [3.63, 3.8) is 0 Å². The zero-order valence-electron chi connectivity index (χ0n) is 19.7. The van der Waals surface area contributed by atoms with Crippen LogP contribution in [0.4, 0.5) is 5.69 Å². The molecule has 3 aromatic rings. The summed E-state index contributed by atoms with van der Waals surface area (Å²) in [5.41, 5.74) is 2.61. The highest BCUT2D eigenvalue weighted by molar-refractivity contribution is 7.89. The van der Waals surface area contributed by atoms with Gasteiger partial charge in [-0.1, -0.05) is 17.7 Å². The second-order valence-electron chi connectivity index (χ2n) is 8.74. The van der Waals surface area contributed by atoms with E-state index in [2.05, 4.69) is 4.90 Å². The van der Waals surface area contributed by atoms with Gasteiger partial charge < -0.3 is 14.4 Å². The van der Waals surface area contributed by atoms with Gasteiger partial charge in [0, 0.05) is 30.7 Å². The number of sulfonamides is 1. The van der Waals surface area contributed by atoms with E-state index < -0.39 is 10.0 Å². The van der Waals surface area contributed by atoms with Gasteiger partial charge in [-0.2, -0.15) is 4.31 Å². The largest absolute Gasteiger partial charge is 0.497 e. The van der Waals surface area contributed by atoms with E-state index in [1.54, 1.807) is 35.7 Å². The topological polar surface area (TPSA) is 71.4 Å². The second kappa shape index (κ2) is 9.18. The van der Waals surface area contributed by atoms with Crippen LogP contribution in [0.2, 0.25) is 5.02 Å². The summed E-state index contributed by atoms with van der Waals surface area (Å²) in [6.45, 7) is 5.21. The van der Waals surface area contributed by atoms with E-state index in [-0.39, 0.29) is 10.9 Å². The normalized spacial score (nSPS) is 18.1. The van der Waals surface area contributed by atoms with Gasteiger partial charge in [-0.3, -0.25) is 0 Å². The molecule has 0 bridgehead atoms. The molecule has 2 aliphatic rings. The SMILES string of the molecule is COc1ccc2c(c1)C(N1CCN(S(=O)(=O)c3ccc(Cl)cc3)[C@@H](C)C1)=Nc1ccc(C)cc1O2. The minimum absolute atomic E-state index is 0.238. The molecule has 7 nitrogen and oxygen atoms in total. The van der Waals surface area contributed by atoms with Crippen molar-refractivity contribution in [3.8, 4) is 17.2 Å². The number of hydrogen-bond donors (Lipinski definition) is 0. The van der Waals surface area contributed by atoms with Crippen LogP contribution in [-0.4, -0.2) is 56.2 Å². The predicted molar refractivity (Wildman–Crippen MR) is 137 cm³/mol. The summed E-state index contributed by atoms with van der Waals surface area (Å²) in [5, 5.41) is 0.500. The Labute approximate surface area is 210 Å². The first kappa shape index (κ1) is 23.7. The van der Waals surface area contributed by atoms with Crippen LogP contribution < -0.4 is 9.47 Å². The lowest BCUT2D eigenvalue weighted by molar-refractivity contribution is 0.205. The quantitative estimate of drug-likeness (QED) is 0.481. The first-order valence-corrected chi connectivity index (χ1v) is 13.2. The summed E-state index contributed by atoms with van der Waals surface area (Å²) in [7, 11) is -2.03. The number of amidine groups is 1. The fourth-order valence-corrected chi connectivity index (χ4v) is 6.20. The number of fused-ring (bicyclic) bond motifs is 2. The van der Waals surface area contributed by atoms with Crippen molar-refractivity contribution in [2.24, 2.45) is 4.99 Å². The molecule has 2 aliphatic heterocycles. The fourth-order valence-electron chi connectivity index (χ4n) is 4.46. The van der Waals surface area contributed by atoms with Gasteiger partial charge in [-0.25, -0.2) is 13.4 Å². The highest BCUT2D eigenvalue weighted by Crippen LogP contribution is 2.40. The first-order chi connectivity index (χ1) is 16.8. The Balaban J connectivity index is 1.50. The van der Waals surface area contributed by atoms with Crippen LogP contribution in [0.5, 0.6) is 17.2 Å². The van der Waals surface area contributed by atoms with E-state index in [1.807, 2.05) is 50.2 Å². The fraction of sp³-hybridized carbons (Fsp3) is 0.269. The summed E-state index contributed by atoms with van der Waals surface area (Å²) in [4.78, 5) is 7.35. The van der Waals surface area contributed by atoms with Crippen molar-refractivity contribution in [1.82, 2.24) is 9.21 Å². The third-order valence-corrected chi connectivity index (χ3v) is 8.56. The van der Waals surface area contributed by atoms with Crippen molar-refractivity contribution in [2.75, 3.05) is 26.7 Å². The molecule has 0 aromatic heterocycles. The molecule has 182 valence electrons. The zero-order valence-corrected chi connectivity index (χ0v) is 21.3. The lowest BCUT2D eigenvalue weighted by Gasteiger charge is -2.40. The van der Waals surface area contributed by atoms with Crippen molar-refractivity contribution in [2.45, 2.75) is 24.8 Å². The maximum atomic E-state index is 13.3. The number of aliphatic imine (C=N–C) groups is 1. The number of nitrogens with zero attached hydrogens (tertiary/aromatic N) is 3. The minimum Gasteiger partial charge on any atom is -0.497 e. The lowest BCUT2D eigenvalue weighted by atomic mass is 10.1. The molecule has 0 amide bonds. The smallest absolute Gasteiger partial charge is 0.243 e. The number of piperazine rings is 1. The van der Waals surface area contributed by atoms with Crippen LogP contribution in [0.25, 0.3) is 0 Å². The van der Waals surface area contributed by atoms with E-state index >= 15 is 0 Å². The number of ether oxygens (including phenoxy) is 2. The summed E-state index contributed by atoms with van der Waals surface area (Å²) < 4.78 is 39.9. The zero-order chi connectivity index (χ0) is 24.7. The summed E-state index contributed by atoms with van der Waals surface area (Å²) in [6, 6.07) is 17.6. The number of aryl methyl sites for hydroxylation is 1. The van der Waals surface area contributed by atoms with Crippen LogP contribution >= 0.6 is 11.6 Å². The maximum absolute atomic E-state index is 13.3. The third kappa shape index (κ3) is 4.49. The van der Waals surface area contributed by atoms with Gasteiger partial charge in [0.2, 0.25) is 10.0 Å². The Bertz CT molecular complexity index is 1410. The average molecular weight is 512 g/mol. The molecule has 2 heterocycles. The molecule has 1 atom stereocenters. The van der Waals surface area contributed by atoms with E-state index in [1.165, 1.54) is 0 Å². The molecule has 5 rings (SSSR count). The van der Waals surface area contributed by atoms with Crippen molar-refractivity contribution < 1.29 is 17.9 Å². The first-order valence-electron chi connectivity index (χ1n) is 11.3.